The van der Waals surface area contributed by atoms with Crippen LogP contribution in [0.1, 0.15) is 16.1 Å². The van der Waals surface area contributed by atoms with Crippen molar-refractivity contribution >= 4 is 11.8 Å². The second-order valence-electron chi connectivity index (χ2n) is 5.20. The van der Waals surface area contributed by atoms with Crippen LogP contribution in [0.2, 0.25) is 0 Å². The Balaban J connectivity index is 1.50. The van der Waals surface area contributed by atoms with Crippen LogP contribution in [0.3, 0.4) is 0 Å². The lowest BCUT2D eigenvalue weighted by Crippen LogP contribution is -2.36. The van der Waals surface area contributed by atoms with Crippen molar-refractivity contribution in [2.45, 2.75) is 6.54 Å². The molecule has 0 aliphatic heterocycles. The molecule has 0 fully saturated rings. The Morgan fingerprint density at radius 3 is 2.40 bits per heavy atom. The highest BCUT2D eigenvalue weighted by Crippen LogP contribution is 2.13. The van der Waals surface area contributed by atoms with Gasteiger partial charge < -0.3 is 15.1 Å². The molecule has 1 aromatic carbocycles. The van der Waals surface area contributed by atoms with Gasteiger partial charge in [0, 0.05) is 18.0 Å². The first kappa shape index (κ1) is 16.4. The van der Waals surface area contributed by atoms with E-state index in [1.807, 2.05) is 30.3 Å². The van der Waals surface area contributed by atoms with E-state index in [0.717, 1.165) is 5.56 Å². The Hall–Kier alpha value is -3.48. The highest BCUT2D eigenvalue weighted by Gasteiger charge is 2.10. The molecule has 126 valence electrons. The highest BCUT2D eigenvalue weighted by atomic mass is 16.3. The molecule has 7 nitrogen and oxygen atoms in total. The number of benzene rings is 1. The summed E-state index contributed by atoms with van der Waals surface area (Å²) >= 11 is 0. The van der Waals surface area contributed by atoms with Gasteiger partial charge in [-0.15, -0.1) is 0 Å². The average Bonchev–Trinajstić information content (AvgIpc) is 3.19. The molecule has 3 rings (SSSR count). The molecule has 0 unspecified atom stereocenters. The molecule has 0 aliphatic carbocycles. The number of amides is 2. The van der Waals surface area contributed by atoms with Crippen molar-refractivity contribution in [1.82, 2.24) is 20.6 Å². The van der Waals surface area contributed by atoms with Gasteiger partial charge in [-0.1, -0.05) is 30.3 Å². The van der Waals surface area contributed by atoms with E-state index in [4.69, 9.17) is 4.42 Å². The van der Waals surface area contributed by atoms with Crippen molar-refractivity contribution in [2.24, 2.45) is 0 Å². The topological polar surface area (TPSA) is 97.1 Å². The zero-order chi connectivity index (χ0) is 17.5. The van der Waals surface area contributed by atoms with Gasteiger partial charge in [0.25, 0.3) is 5.91 Å². The molecular formula is C18H16N4O3. The second-order valence-corrected chi connectivity index (χ2v) is 5.20. The minimum Gasteiger partial charge on any atom is -0.467 e. The van der Waals surface area contributed by atoms with Gasteiger partial charge in [0.1, 0.15) is 5.76 Å². The van der Waals surface area contributed by atoms with Gasteiger partial charge >= 0.3 is 0 Å². The summed E-state index contributed by atoms with van der Waals surface area (Å²) < 4.78 is 5.11. The molecule has 25 heavy (non-hydrogen) atoms. The Kier molecular flexibility index (Phi) is 5.16. The molecule has 0 bridgehead atoms. The van der Waals surface area contributed by atoms with Gasteiger partial charge in [-0.3, -0.25) is 9.59 Å². The number of carbonyl (C=O) groups is 2. The molecule has 3 aromatic rings. The molecule has 0 spiro atoms. The van der Waals surface area contributed by atoms with Crippen LogP contribution in [0, 0.1) is 0 Å². The molecule has 0 saturated carbocycles. The summed E-state index contributed by atoms with van der Waals surface area (Å²) in [6, 6.07) is 13.0. The summed E-state index contributed by atoms with van der Waals surface area (Å²) in [6.45, 7) is 0.135. The lowest BCUT2D eigenvalue weighted by atomic mass is 10.2. The van der Waals surface area contributed by atoms with E-state index in [0.29, 0.717) is 17.1 Å². The van der Waals surface area contributed by atoms with Crippen LogP contribution in [-0.2, 0) is 11.3 Å². The number of nitrogens with zero attached hydrogens (tertiary/aromatic N) is 2. The first-order valence-corrected chi connectivity index (χ1v) is 7.67. The minimum absolute atomic E-state index is 0.139. The summed E-state index contributed by atoms with van der Waals surface area (Å²) in [7, 11) is 0. The van der Waals surface area contributed by atoms with Gasteiger partial charge in [0.05, 0.1) is 24.9 Å². The van der Waals surface area contributed by atoms with Gasteiger partial charge in [0.15, 0.2) is 5.82 Å². The summed E-state index contributed by atoms with van der Waals surface area (Å²) in [5, 5.41) is 5.17. The van der Waals surface area contributed by atoms with Crippen molar-refractivity contribution in [3.05, 3.63) is 72.4 Å². The third-order valence-corrected chi connectivity index (χ3v) is 3.40. The summed E-state index contributed by atoms with van der Waals surface area (Å²) in [4.78, 5) is 32.1. The van der Waals surface area contributed by atoms with Crippen LogP contribution in [-0.4, -0.2) is 28.3 Å². The van der Waals surface area contributed by atoms with Crippen molar-refractivity contribution in [1.29, 1.82) is 0 Å². The lowest BCUT2D eigenvalue weighted by Gasteiger charge is -2.06. The van der Waals surface area contributed by atoms with E-state index in [-0.39, 0.29) is 19.0 Å². The van der Waals surface area contributed by atoms with Crippen LogP contribution in [0.25, 0.3) is 11.4 Å². The van der Waals surface area contributed by atoms with E-state index in [9.17, 15) is 9.59 Å². The summed E-state index contributed by atoms with van der Waals surface area (Å²) in [5.74, 6) is 0.456. The molecule has 0 radical (unpaired) electrons. The van der Waals surface area contributed by atoms with E-state index in [1.165, 1.54) is 18.7 Å². The van der Waals surface area contributed by atoms with Gasteiger partial charge in [-0.25, -0.2) is 9.97 Å². The number of furan rings is 1. The maximum atomic E-state index is 12.0. The number of hydrogen-bond acceptors (Lipinski definition) is 5. The molecule has 2 N–H and O–H groups in total. The number of hydrogen-bond donors (Lipinski definition) is 2. The summed E-state index contributed by atoms with van der Waals surface area (Å²) in [5.41, 5.74) is 1.16. The Labute approximate surface area is 144 Å². The first-order valence-electron chi connectivity index (χ1n) is 7.67. The Morgan fingerprint density at radius 2 is 1.72 bits per heavy atom. The van der Waals surface area contributed by atoms with Crippen LogP contribution in [0.15, 0.2) is 65.5 Å². The second kappa shape index (κ2) is 7.87. The van der Waals surface area contributed by atoms with Gasteiger partial charge in [-0.2, -0.15) is 0 Å². The first-order chi connectivity index (χ1) is 12.2. The van der Waals surface area contributed by atoms with Crippen LogP contribution in [0.4, 0.5) is 0 Å². The van der Waals surface area contributed by atoms with E-state index < -0.39 is 5.91 Å². The van der Waals surface area contributed by atoms with Crippen molar-refractivity contribution in [2.75, 3.05) is 6.54 Å². The monoisotopic (exact) mass is 336 g/mol. The van der Waals surface area contributed by atoms with Crippen LogP contribution in [0.5, 0.6) is 0 Å². The van der Waals surface area contributed by atoms with E-state index >= 15 is 0 Å². The van der Waals surface area contributed by atoms with Crippen molar-refractivity contribution in [3.8, 4) is 11.4 Å². The zero-order valence-electron chi connectivity index (χ0n) is 13.3. The van der Waals surface area contributed by atoms with Gasteiger partial charge in [-0.05, 0) is 12.1 Å². The molecular weight excluding hydrogens is 320 g/mol. The maximum Gasteiger partial charge on any atom is 0.254 e. The molecule has 2 heterocycles. The zero-order valence-corrected chi connectivity index (χ0v) is 13.3. The quantitative estimate of drug-likeness (QED) is 0.715. The molecule has 2 aromatic heterocycles. The fourth-order valence-electron chi connectivity index (χ4n) is 2.11. The normalized spacial score (nSPS) is 10.2. The number of carbonyl (C=O) groups excluding carboxylic acids is 2. The smallest absolute Gasteiger partial charge is 0.254 e. The Morgan fingerprint density at radius 1 is 0.960 bits per heavy atom. The standard InChI is InChI=1S/C18H16N4O3/c23-16(19-11-15-7-4-8-25-15)12-22-18(24)14-9-20-17(21-10-14)13-5-2-1-3-6-13/h1-10H,11-12H2,(H,19,23)(H,22,24). The predicted molar refractivity (Wildman–Crippen MR) is 90.4 cm³/mol. The van der Waals surface area contributed by atoms with E-state index in [2.05, 4.69) is 20.6 Å². The molecule has 2 amide bonds. The number of aromatic nitrogens is 2. The fourth-order valence-corrected chi connectivity index (χ4v) is 2.11. The SMILES string of the molecule is O=C(CNC(=O)c1cnc(-c2ccccc2)nc1)NCc1ccco1. The van der Waals surface area contributed by atoms with Crippen molar-refractivity contribution < 1.29 is 14.0 Å². The molecule has 0 aliphatic rings. The summed E-state index contributed by atoms with van der Waals surface area (Å²) in [6.07, 6.45) is 4.40. The molecule has 0 saturated heterocycles. The Bertz CT molecular complexity index is 831. The van der Waals surface area contributed by atoms with E-state index in [1.54, 1.807) is 12.1 Å². The predicted octanol–water partition coefficient (Wildman–Crippen LogP) is 1.78. The molecule has 7 heteroatoms. The highest BCUT2D eigenvalue weighted by molar-refractivity contribution is 5.96. The van der Waals surface area contributed by atoms with Crippen LogP contribution >= 0.6 is 0 Å². The lowest BCUT2D eigenvalue weighted by molar-refractivity contribution is -0.120. The van der Waals surface area contributed by atoms with Crippen molar-refractivity contribution in [3.63, 3.8) is 0 Å². The largest absolute Gasteiger partial charge is 0.467 e. The van der Waals surface area contributed by atoms with Crippen LogP contribution < -0.4 is 10.6 Å². The third kappa shape index (κ3) is 4.51. The number of rotatable bonds is 6. The maximum absolute atomic E-state index is 12.0. The minimum atomic E-state index is -0.409. The fraction of sp³-hybridized carbons (Fsp3) is 0.111. The van der Waals surface area contributed by atoms with Gasteiger partial charge in [0.2, 0.25) is 5.91 Å². The third-order valence-electron chi connectivity index (χ3n) is 3.40. The number of nitrogens with one attached hydrogen (secondary N) is 2. The molecule has 0 atom stereocenters. The average molecular weight is 336 g/mol.